The van der Waals surface area contributed by atoms with Gasteiger partial charge in [0.25, 0.3) is 0 Å². The molecule has 0 aliphatic heterocycles. The highest BCUT2D eigenvalue weighted by molar-refractivity contribution is 6.39. The summed E-state index contributed by atoms with van der Waals surface area (Å²) >= 11 is 0. The van der Waals surface area contributed by atoms with Crippen LogP contribution in [0.1, 0.15) is 15.9 Å². The van der Waals surface area contributed by atoms with Crippen LogP contribution in [0.2, 0.25) is 0 Å². The Hall–Kier alpha value is -3.88. The predicted molar refractivity (Wildman–Crippen MR) is 96.8 cm³/mol. The quantitative estimate of drug-likeness (QED) is 0.314. The van der Waals surface area contributed by atoms with Gasteiger partial charge in [-0.1, -0.05) is 0 Å². The molecule has 0 atom stereocenters. The highest BCUT2D eigenvalue weighted by Crippen LogP contribution is 2.25. The molecule has 2 amide bonds. The number of benzene rings is 2. The molecule has 2 aromatic carbocycles. The monoisotopic (exact) mass is 371 g/mol. The average molecular weight is 371 g/mol. The number of hydrazone groups is 1. The number of aromatic hydroxyl groups is 1. The Morgan fingerprint density at radius 3 is 2.37 bits per heavy atom. The molecule has 0 spiro atoms. The van der Waals surface area contributed by atoms with Crippen molar-refractivity contribution >= 4 is 29.7 Å². The first kappa shape index (κ1) is 19.4. The summed E-state index contributed by atoms with van der Waals surface area (Å²) < 4.78 is 9.53. The fraction of sp³-hybridized carbons (Fsp3) is 0.111. The lowest BCUT2D eigenvalue weighted by atomic mass is 10.2. The molecule has 9 heteroatoms. The minimum absolute atomic E-state index is 0.0312. The standard InChI is InChI=1S/C18H17N3O6/c1-26-15-9-11(3-8-14(15)22)10-19-21-17(24)16(23)20-13-6-4-12(5-7-13)18(25)27-2/h3-10,22H,1-2H3,(H,20,23)(H,21,24)/b19-10-. The Balaban J connectivity index is 1.92. The van der Waals surface area contributed by atoms with Gasteiger partial charge in [0.05, 0.1) is 26.0 Å². The third-order valence-electron chi connectivity index (χ3n) is 3.35. The van der Waals surface area contributed by atoms with E-state index in [2.05, 4.69) is 20.6 Å². The predicted octanol–water partition coefficient (Wildman–Crippen LogP) is 1.28. The number of rotatable bonds is 5. The van der Waals surface area contributed by atoms with E-state index in [-0.39, 0.29) is 11.5 Å². The summed E-state index contributed by atoms with van der Waals surface area (Å²) in [4.78, 5) is 34.9. The first-order valence-corrected chi connectivity index (χ1v) is 7.64. The van der Waals surface area contributed by atoms with Crippen LogP contribution in [0.15, 0.2) is 47.6 Å². The maximum atomic E-state index is 11.8. The van der Waals surface area contributed by atoms with E-state index in [1.54, 1.807) is 6.07 Å². The van der Waals surface area contributed by atoms with Gasteiger partial charge in [-0.2, -0.15) is 5.10 Å². The minimum Gasteiger partial charge on any atom is -0.504 e. The molecule has 0 saturated carbocycles. The number of anilines is 1. The van der Waals surface area contributed by atoms with E-state index in [9.17, 15) is 19.5 Å². The number of carbonyl (C=O) groups is 3. The minimum atomic E-state index is -0.978. The second kappa shape index (κ2) is 8.99. The zero-order chi connectivity index (χ0) is 19.8. The normalized spacial score (nSPS) is 10.3. The van der Waals surface area contributed by atoms with Crippen molar-refractivity contribution in [1.82, 2.24) is 5.43 Å². The highest BCUT2D eigenvalue weighted by atomic mass is 16.5. The van der Waals surface area contributed by atoms with Crippen LogP contribution >= 0.6 is 0 Å². The van der Waals surface area contributed by atoms with Crippen molar-refractivity contribution in [1.29, 1.82) is 0 Å². The maximum absolute atomic E-state index is 11.8. The van der Waals surface area contributed by atoms with Crippen LogP contribution in [0.25, 0.3) is 0 Å². The molecule has 0 fully saturated rings. The van der Waals surface area contributed by atoms with Crippen LogP contribution in [-0.4, -0.2) is 43.3 Å². The molecule has 0 bridgehead atoms. The fourth-order valence-electron chi connectivity index (χ4n) is 1.99. The molecule has 0 aliphatic carbocycles. The van der Waals surface area contributed by atoms with E-state index < -0.39 is 17.8 Å². The number of nitrogens with zero attached hydrogens (tertiary/aromatic N) is 1. The second-order valence-corrected chi connectivity index (χ2v) is 5.15. The van der Waals surface area contributed by atoms with E-state index in [0.717, 1.165) is 0 Å². The van der Waals surface area contributed by atoms with Crippen molar-refractivity contribution in [3.8, 4) is 11.5 Å². The molecule has 0 unspecified atom stereocenters. The Kier molecular flexibility index (Phi) is 6.48. The van der Waals surface area contributed by atoms with Gasteiger partial charge in [0.2, 0.25) is 0 Å². The van der Waals surface area contributed by atoms with Crippen molar-refractivity contribution < 1.29 is 29.0 Å². The van der Waals surface area contributed by atoms with Crippen LogP contribution in [-0.2, 0) is 14.3 Å². The molecular weight excluding hydrogens is 354 g/mol. The fourth-order valence-corrected chi connectivity index (χ4v) is 1.99. The van der Waals surface area contributed by atoms with E-state index >= 15 is 0 Å². The van der Waals surface area contributed by atoms with Gasteiger partial charge in [-0.15, -0.1) is 0 Å². The third kappa shape index (κ3) is 5.30. The molecule has 2 rings (SSSR count). The number of hydrogen-bond acceptors (Lipinski definition) is 7. The molecule has 3 N–H and O–H groups in total. The highest BCUT2D eigenvalue weighted by Gasteiger charge is 2.13. The maximum Gasteiger partial charge on any atom is 0.337 e. The molecule has 0 saturated heterocycles. The lowest BCUT2D eigenvalue weighted by molar-refractivity contribution is -0.136. The number of methoxy groups -OCH3 is 2. The van der Waals surface area contributed by atoms with Crippen molar-refractivity contribution in [2.45, 2.75) is 0 Å². The van der Waals surface area contributed by atoms with E-state index in [1.165, 1.54) is 56.8 Å². The van der Waals surface area contributed by atoms with Gasteiger partial charge < -0.3 is 19.9 Å². The van der Waals surface area contributed by atoms with Crippen molar-refractivity contribution in [3.63, 3.8) is 0 Å². The van der Waals surface area contributed by atoms with Gasteiger partial charge in [-0.05, 0) is 48.0 Å². The second-order valence-electron chi connectivity index (χ2n) is 5.15. The summed E-state index contributed by atoms with van der Waals surface area (Å²) in [6.07, 6.45) is 1.29. The number of ether oxygens (including phenoxy) is 2. The van der Waals surface area contributed by atoms with Crippen molar-refractivity contribution in [2.75, 3.05) is 19.5 Å². The Morgan fingerprint density at radius 1 is 1.04 bits per heavy atom. The van der Waals surface area contributed by atoms with Gasteiger partial charge in [0.15, 0.2) is 11.5 Å². The van der Waals surface area contributed by atoms with E-state index in [4.69, 9.17) is 4.74 Å². The van der Waals surface area contributed by atoms with E-state index in [0.29, 0.717) is 16.8 Å². The SMILES string of the molecule is COC(=O)c1ccc(NC(=O)C(=O)N/N=C\c2ccc(O)c(OC)c2)cc1. The molecule has 0 radical (unpaired) electrons. The molecule has 2 aromatic rings. The van der Waals surface area contributed by atoms with Gasteiger partial charge in [-0.25, -0.2) is 10.2 Å². The van der Waals surface area contributed by atoms with Crippen LogP contribution in [0.3, 0.4) is 0 Å². The molecule has 140 valence electrons. The topological polar surface area (TPSA) is 126 Å². The van der Waals surface area contributed by atoms with Crippen molar-refractivity contribution in [2.24, 2.45) is 5.10 Å². The zero-order valence-electron chi connectivity index (χ0n) is 14.6. The average Bonchev–Trinajstić information content (AvgIpc) is 2.69. The number of hydrogen-bond donors (Lipinski definition) is 3. The molecule has 9 nitrogen and oxygen atoms in total. The number of phenolic OH excluding ortho intramolecular Hbond substituents is 1. The lowest BCUT2D eigenvalue weighted by Gasteiger charge is -2.05. The smallest absolute Gasteiger partial charge is 0.337 e. The summed E-state index contributed by atoms with van der Waals surface area (Å²) in [7, 11) is 2.66. The largest absolute Gasteiger partial charge is 0.504 e. The summed E-state index contributed by atoms with van der Waals surface area (Å²) in [5.41, 5.74) is 3.27. The van der Waals surface area contributed by atoms with Crippen LogP contribution in [0, 0.1) is 0 Å². The van der Waals surface area contributed by atoms with Crippen LogP contribution in [0.4, 0.5) is 5.69 Å². The Bertz CT molecular complexity index is 877. The lowest BCUT2D eigenvalue weighted by Crippen LogP contribution is -2.32. The number of amides is 2. The first-order chi connectivity index (χ1) is 12.9. The van der Waals surface area contributed by atoms with Crippen LogP contribution in [0.5, 0.6) is 11.5 Å². The molecular formula is C18H17N3O6. The van der Waals surface area contributed by atoms with E-state index in [1.807, 2.05) is 0 Å². The molecule has 0 aromatic heterocycles. The van der Waals surface area contributed by atoms with Crippen LogP contribution < -0.4 is 15.5 Å². The van der Waals surface area contributed by atoms with Gasteiger partial charge in [0, 0.05) is 5.69 Å². The Morgan fingerprint density at radius 2 is 1.74 bits per heavy atom. The summed E-state index contributed by atoms with van der Waals surface area (Å²) in [5, 5.41) is 15.5. The Labute approximate surface area is 154 Å². The number of esters is 1. The zero-order valence-corrected chi connectivity index (χ0v) is 14.6. The first-order valence-electron chi connectivity index (χ1n) is 7.64. The summed E-state index contributed by atoms with van der Waals surface area (Å²) in [6.45, 7) is 0. The molecule has 27 heavy (non-hydrogen) atoms. The molecule has 0 heterocycles. The number of carbonyl (C=O) groups excluding carboxylic acids is 3. The van der Waals surface area contributed by atoms with Gasteiger partial charge >= 0.3 is 17.8 Å². The number of phenols is 1. The van der Waals surface area contributed by atoms with Crippen molar-refractivity contribution in [3.05, 3.63) is 53.6 Å². The van der Waals surface area contributed by atoms with Gasteiger partial charge in [-0.3, -0.25) is 9.59 Å². The summed E-state index contributed by atoms with van der Waals surface area (Å²) in [5.74, 6) is -2.20. The number of nitrogens with one attached hydrogen (secondary N) is 2. The summed E-state index contributed by atoms with van der Waals surface area (Å²) in [6, 6.07) is 10.3. The molecule has 0 aliphatic rings. The third-order valence-corrected chi connectivity index (χ3v) is 3.35. The van der Waals surface area contributed by atoms with Gasteiger partial charge in [0.1, 0.15) is 0 Å².